The first-order valence-electron chi connectivity index (χ1n) is 5.91. The zero-order chi connectivity index (χ0) is 12.1. The summed E-state index contributed by atoms with van der Waals surface area (Å²) in [7, 11) is 0. The summed E-state index contributed by atoms with van der Waals surface area (Å²) >= 11 is 3.80. The van der Waals surface area contributed by atoms with Crippen molar-refractivity contribution >= 4 is 23.5 Å². The first-order chi connectivity index (χ1) is 8.31. The Kier molecular flexibility index (Phi) is 5.07. The van der Waals surface area contributed by atoms with Gasteiger partial charge in [0.15, 0.2) is 0 Å². The molecule has 2 unspecified atom stereocenters. The van der Waals surface area contributed by atoms with Gasteiger partial charge in [0.25, 0.3) is 0 Å². The zero-order valence-corrected chi connectivity index (χ0v) is 11.6. The highest BCUT2D eigenvalue weighted by atomic mass is 32.2. The van der Waals surface area contributed by atoms with Gasteiger partial charge in [-0.25, -0.2) is 0 Å². The molecule has 0 aromatic heterocycles. The Balaban J connectivity index is 2.06. The molecule has 2 rings (SSSR count). The van der Waals surface area contributed by atoms with Crippen LogP contribution in [0.1, 0.15) is 18.6 Å². The molecular weight excluding hydrogens is 252 g/mol. The summed E-state index contributed by atoms with van der Waals surface area (Å²) in [6.07, 6.45) is -0.381. The van der Waals surface area contributed by atoms with E-state index in [2.05, 4.69) is 0 Å². The predicted octanol–water partition coefficient (Wildman–Crippen LogP) is 2.97. The average Bonchev–Trinajstić information content (AvgIpc) is 2.40. The molecule has 0 amide bonds. The average molecular weight is 270 g/mol. The summed E-state index contributed by atoms with van der Waals surface area (Å²) in [6, 6.07) is 7.81. The van der Waals surface area contributed by atoms with E-state index in [0.717, 1.165) is 22.8 Å². The summed E-state index contributed by atoms with van der Waals surface area (Å²) in [4.78, 5) is 0. The maximum atomic E-state index is 10.3. The van der Waals surface area contributed by atoms with Gasteiger partial charge in [-0.1, -0.05) is 12.1 Å². The second-order valence-corrected chi connectivity index (χ2v) is 6.43. The molecule has 1 aliphatic rings. The van der Waals surface area contributed by atoms with Gasteiger partial charge in [0.1, 0.15) is 5.75 Å². The molecule has 0 radical (unpaired) electrons. The number of aliphatic hydroxyl groups is 1. The standard InChI is InChI=1S/C13H18O2S2/c1-2-15-11-5-3-4-10(8-11)13(14)12-9-16-6-7-17-12/h3-5,8,12-14H,2,6-7,9H2,1H3. The van der Waals surface area contributed by atoms with E-state index in [1.807, 2.05) is 54.7 Å². The van der Waals surface area contributed by atoms with Crippen LogP contribution in [-0.4, -0.2) is 34.2 Å². The summed E-state index contributed by atoms with van der Waals surface area (Å²) in [5.41, 5.74) is 0.968. The number of ether oxygens (including phenoxy) is 1. The van der Waals surface area contributed by atoms with Crippen LogP contribution in [0.5, 0.6) is 5.75 Å². The van der Waals surface area contributed by atoms with Crippen molar-refractivity contribution in [3.05, 3.63) is 29.8 Å². The number of rotatable bonds is 4. The maximum Gasteiger partial charge on any atom is 0.119 e. The smallest absolute Gasteiger partial charge is 0.119 e. The molecule has 1 saturated heterocycles. The fourth-order valence-corrected chi connectivity index (χ4v) is 4.61. The molecule has 4 heteroatoms. The highest BCUT2D eigenvalue weighted by molar-refractivity contribution is 8.06. The third-order valence-electron chi connectivity index (χ3n) is 2.70. The van der Waals surface area contributed by atoms with Crippen molar-refractivity contribution in [2.24, 2.45) is 0 Å². The molecular formula is C13H18O2S2. The Labute approximate surface area is 111 Å². The summed E-state index contributed by atoms with van der Waals surface area (Å²) < 4.78 is 5.46. The van der Waals surface area contributed by atoms with Crippen molar-refractivity contribution in [1.29, 1.82) is 0 Å². The molecule has 0 spiro atoms. The lowest BCUT2D eigenvalue weighted by molar-refractivity contribution is 0.180. The van der Waals surface area contributed by atoms with Gasteiger partial charge in [-0.05, 0) is 24.6 Å². The maximum absolute atomic E-state index is 10.3. The molecule has 94 valence electrons. The fraction of sp³-hybridized carbons (Fsp3) is 0.538. The van der Waals surface area contributed by atoms with E-state index >= 15 is 0 Å². The van der Waals surface area contributed by atoms with Crippen LogP contribution in [0, 0.1) is 0 Å². The molecule has 1 aromatic carbocycles. The minimum Gasteiger partial charge on any atom is -0.494 e. The van der Waals surface area contributed by atoms with Crippen molar-refractivity contribution in [3.8, 4) is 5.75 Å². The third kappa shape index (κ3) is 3.57. The Bertz CT molecular complexity index is 351. The lowest BCUT2D eigenvalue weighted by Gasteiger charge is -2.26. The van der Waals surface area contributed by atoms with E-state index < -0.39 is 0 Å². The molecule has 1 heterocycles. The first kappa shape index (κ1) is 13.1. The van der Waals surface area contributed by atoms with Gasteiger partial charge in [0.05, 0.1) is 12.7 Å². The lowest BCUT2D eigenvalue weighted by Crippen LogP contribution is -2.22. The molecule has 0 bridgehead atoms. The van der Waals surface area contributed by atoms with Gasteiger partial charge >= 0.3 is 0 Å². The second-order valence-electron chi connectivity index (χ2n) is 3.93. The van der Waals surface area contributed by atoms with Gasteiger partial charge in [0, 0.05) is 22.5 Å². The number of hydrogen-bond donors (Lipinski definition) is 1. The highest BCUT2D eigenvalue weighted by Crippen LogP contribution is 2.34. The van der Waals surface area contributed by atoms with Gasteiger partial charge in [0.2, 0.25) is 0 Å². The predicted molar refractivity (Wildman–Crippen MR) is 76.1 cm³/mol. The van der Waals surface area contributed by atoms with E-state index in [-0.39, 0.29) is 6.10 Å². The molecule has 1 aromatic rings. The molecule has 2 atom stereocenters. The van der Waals surface area contributed by atoms with Gasteiger partial charge < -0.3 is 9.84 Å². The van der Waals surface area contributed by atoms with Crippen LogP contribution >= 0.6 is 23.5 Å². The van der Waals surface area contributed by atoms with E-state index in [4.69, 9.17) is 4.74 Å². The van der Waals surface area contributed by atoms with Crippen LogP contribution in [0.25, 0.3) is 0 Å². The van der Waals surface area contributed by atoms with Crippen LogP contribution in [-0.2, 0) is 0 Å². The SMILES string of the molecule is CCOc1cccc(C(O)C2CSCCS2)c1. The van der Waals surface area contributed by atoms with Crippen LogP contribution in [0.4, 0.5) is 0 Å². The topological polar surface area (TPSA) is 29.5 Å². The lowest BCUT2D eigenvalue weighted by atomic mass is 10.1. The third-order valence-corrected chi connectivity index (χ3v) is 5.55. The van der Waals surface area contributed by atoms with Crippen LogP contribution in [0.2, 0.25) is 0 Å². The minimum atomic E-state index is -0.381. The van der Waals surface area contributed by atoms with E-state index in [0.29, 0.717) is 11.9 Å². The van der Waals surface area contributed by atoms with Crippen molar-refractivity contribution in [3.63, 3.8) is 0 Å². The minimum absolute atomic E-state index is 0.311. The fourth-order valence-electron chi connectivity index (χ4n) is 1.86. The Morgan fingerprint density at radius 1 is 1.47 bits per heavy atom. The van der Waals surface area contributed by atoms with Gasteiger partial charge in [-0.15, -0.1) is 0 Å². The normalized spacial score (nSPS) is 22.1. The summed E-state index contributed by atoms with van der Waals surface area (Å²) in [6.45, 7) is 2.63. The number of benzene rings is 1. The molecule has 2 nitrogen and oxygen atoms in total. The molecule has 17 heavy (non-hydrogen) atoms. The quantitative estimate of drug-likeness (QED) is 0.911. The first-order valence-corrected chi connectivity index (χ1v) is 8.11. The van der Waals surface area contributed by atoms with Crippen molar-refractivity contribution in [2.75, 3.05) is 23.9 Å². The molecule has 1 fully saturated rings. The second kappa shape index (κ2) is 6.57. The van der Waals surface area contributed by atoms with E-state index in [9.17, 15) is 5.11 Å². The molecule has 1 N–H and O–H groups in total. The van der Waals surface area contributed by atoms with Gasteiger partial charge in [-0.3, -0.25) is 0 Å². The highest BCUT2D eigenvalue weighted by Gasteiger charge is 2.24. The molecule has 0 aliphatic carbocycles. The van der Waals surface area contributed by atoms with Crippen molar-refractivity contribution in [2.45, 2.75) is 18.3 Å². The van der Waals surface area contributed by atoms with E-state index in [1.165, 1.54) is 5.75 Å². The van der Waals surface area contributed by atoms with Crippen LogP contribution in [0.15, 0.2) is 24.3 Å². The Hall–Kier alpha value is -0.320. The largest absolute Gasteiger partial charge is 0.494 e. The van der Waals surface area contributed by atoms with Gasteiger partial charge in [-0.2, -0.15) is 23.5 Å². The van der Waals surface area contributed by atoms with Crippen molar-refractivity contribution < 1.29 is 9.84 Å². The molecule has 0 saturated carbocycles. The monoisotopic (exact) mass is 270 g/mol. The van der Waals surface area contributed by atoms with Crippen molar-refractivity contribution in [1.82, 2.24) is 0 Å². The number of hydrogen-bond acceptors (Lipinski definition) is 4. The Morgan fingerprint density at radius 2 is 2.35 bits per heavy atom. The van der Waals surface area contributed by atoms with Crippen LogP contribution in [0.3, 0.4) is 0 Å². The molecule has 1 aliphatic heterocycles. The summed E-state index contributed by atoms with van der Waals surface area (Å²) in [5, 5.41) is 10.7. The Morgan fingerprint density at radius 3 is 3.06 bits per heavy atom. The van der Waals surface area contributed by atoms with E-state index in [1.54, 1.807) is 0 Å². The zero-order valence-electron chi connectivity index (χ0n) is 9.96. The number of thioether (sulfide) groups is 2. The number of aliphatic hydroxyl groups excluding tert-OH is 1. The summed E-state index contributed by atoms with van der Waals surface area (Å²) in [5.74, 6) is 4.22. The van der Waals surface area contributed by atoms with Crippen LogP contribution < -0.4 is 4.74 Å².